The molecular weight excluding hydrogens is 386 g/mol. The van der Waals surface area contributed by atoms with Crippen LogP contribution in [0.4, 0.5) is 0 Å². The zero-order valence-electron chi connectivity index (χ0n) is 16.2. The minimum Gasteiger partial charge on any atom is -0.484 e. The zero-order chi connectivity index (χ0) is 21.1. The number of aromatic nitrogens is 2. The number of ether oxygens (including phenoxy) is 1. The van der Waals surface area contributed by atoms with Crippen LogP contribution < -0.4 is 15.6 Å². The first-order valence-corrected chi connectivity index (χ1v) is 9.73. The van der Waals surface area contributed by atoms with Gasteiger partial charge in [-0.15, -0.1) is 0 Å². The third-order valence-corrected chi connectivity index (χ3v) is 5.07. The number of rotatable bonds is 7. The number of hydrogen-bond donors (Lipinski definition) is 2. The number of hydrogen-bond acceptors (Lipinski definition) is 5. The molecule has 2 heterocycles. The summed E-state index contributed by atoms with van der Waals surface area (Å²) in [7, 11) is 0. The third kappa shape index (κ3) is 4.17. The van der Waals surface area contributed by atoms with E-state index in [1.165, 1.54) is 0 Å². The minimum atomic E-state index is -1.12. The molecule has 0 unspecified atom stereocenters. The smallest absolute Gasteiger partial charge is 0.326 e. The largest absolute Gasteiger partial charge is 0.484 e. The maximum Gasteiger partial charge on any atom is 0.326 e. The lowest BCUT2D eigenvalue weighted by Crippen LogP contribution is -2.44. The highest BCUT2D eigenvalue weighted by Crippen LogP contribution is 2.19. The lowest BCUT2D eigenvalue weighted by Gasteiger charge is -2.15. The molecule has 1 atom stereocenters. The molecular formula is C22H21N3O5. The number of carbonyl (C=O) groups excluding carboxylic acids is 1. The summed E-state index contributed by atoms with van der Waals surface area (Å²) in [5.41, 5.74) is 1.29. The summed E-state index contributed by atoms with van der Waals surface area (Å²) < 4.78 is 7.17. The van der Waals surface area contributed by atoms with Crippen molar-refractivity contribution in [1.29, 1.82) is 0 Å². The van der Waals surface area contributed by atoms with Gasteiger partial charge in [-0.3, -0.25) is 14.2 Å². The molecule has 1 aromatic heterocycles. The monoisotopic (exact) mass is 407 g/mol. The number of carboxylic acid groups (broad SMARTS) is 1. The number of aryl methyl sites for hydroxylation is 1. The number of amides is 1. The van der Waals surface area contributed by atoms with Crippen LogP contribution in [-0.2, 0) is 29.0 Å². The molecule has 3 aromatic rings. The first-order chi connectivity index (χ1) is 14.5. The molecule has 0 bridgehead atoms. The van der Waals surface area contributed by atoms with Crippen molar-refractivity contribution >= 4 is 22.8 Å². The lowest BCUT2D eigenvalue weighted by atomic mass is 10.1. The molecule has 0 aliphatic carbocycles. The predicted molar refractivity (Wildman–Crippen MR) is 110 cm³/mol. The second-order valence-electron chi connectivity index (χ2n) is 7.20. The summed E-state index contributed by atoms with van der Waals surface area (Å²) in [6, 6.07) is 12.9. The summed E-state index contributed by atoms with van der Waals surface area (Å²) in [6.45, 7) is 0.298. The van der Waals surface area contributed by atoms with Crippen LogP contribution in [0.25, 0.3) is 10.9 Å². The standard InChI is InChI=1S/C22H21N3O5/c26-20(24-18(22(28)29)11-14-5-2-1-3-6-14)13-30-15-8-9-17-16(12-15)21(27)25-10-4-7-19(25)23-17/h1-3,5-6,8-9,12,18H,4,7,10-11,13H2,(H,24,26)(H,28,29)/t18-/m1/s1. The Kier molecular flexibility index (Phi) is 5.47. The van der Waals surface area contributed by atoms with Gasteiger partial charge >= 0.3 is 5.97 Å². The van der Waals surface area contributed by atoms with Crippen molar-refractivity contribution in [3.05, 3.63) is 70.3 Å². The first kappa shape index (κ1) is 19.6. The number of nitrogens with zero attached hydrogens (tertiary/aromatic N) is 2. The molecule has 30 heavy (non-hydrogen) atoms. The summed E-state index contributed by atoms with van der Waals surface area (Å²) in [6.07, 6.45) is 1.86. The number of benzene rings is 2. The van der Waals surface area contributed by atoms with Gasteiger partial charge < -0.3 is 15.2 Å². The maximum atomic E-state index is 12.6. The fourth-order valence-corrected chi connectivity index (χ4v) is 3.59. The van der Waals surface area contributed by atoms with Crippen LogP contribution in [0.15, 0.2) is 53.3 Å². The highest BCUT2D eigenvalue weighted by molar-refractivity contribution is 5.85. The van der Waals surface area contributed by atoms with Crippen LogP contribution in [0.5, 0.6) is 5.75 Å². The molecule has 0 radical (unpaired) electrons. The van der Waals surface area contributed by atoms with Gasteiger partial charge in [0, 0.05) is 19.4 Å². The second-order valence-corrected chi connectivity index (χ2v) is 7.20. The van der Waals surface area contributed by atoms with Crippen LogP contribution >= 0.6 is 0 Å². The lowest BCUT2D eigenvalue weighted by molar-refractivity contribution is -0.142. The second kappa shape index (κ2) is 8.36. The summed E-state index contributed by atoms with van der Waals surface area (Å²) in [5.74, 6) is -0.531. The van der Waals surface area contributed by atoms with Crippen molar-refractivity contribution in [2.45, 2.75) is 31.8 Å². The van der Waals surface area contributed by atoms with E-state index >= 15 is 0 Å². The van der Waals surface area contributed by atoms with E-state index in [4.69, 9.17) is 4.74 Å². The maximum absolute atomic E-state index is 12.6. The van der Waals surface area contributed by atoms with E-state index in [2.05, 4.69) is 10.3 Å². The number of carboxylic acids is 1. The molecule has 4 rings (SSSR count). The molecule has 1 aliphatic heterocycles. The van der Waals surface area contributed by atoms with Gasteiger partial charge in [-0.1, -0.05) is 30.3 Å². The van der Waals surface area contributed by atoms with Crippen LogP contribution in [0, 0.1) is 0 Å². The van der Waals surface area contributed by atoms with Gasteiger partial charge in [-0.25, -0.2) is 9.78 Å². The Balaban J connectivity index is 1.42. The summed E-state index contributed by atoms with van der Waals surface area (Å²) in [4.78, 5) is 40.9. The molecule has 8 heteroatoms. The minimum absolute atomic E-state index is 0.115. The summed E-state index contributed by atoms with van der Waals surface area (Å²) >= 11 is 0. The predicted octanol–water partition coefficient (Wildman–Crippen LogP) is 1.53. The number of nitrogens with one attached hydrogen (secondary N) is 1. The molecule has 2 N–H and O–H groups in total. The quantitative estimate of drug-likeness (QED) is 0.615. The van der Waals surface area contributed by atoms with Crippen LogP contribution in [0.1, 0.15) is 17.8 Å². The van der Waals surface area contributed by atoms with Crippen molar-refractivity contribution in [2.75, 3.05) is 6.61 Å². The Morgan fingerprint density at radius 2 is 2.00 bits per heavy atom. The fourth-order valence-electron chi connectivity index (χ4n) is 3.59. The van der Waals surface area contributed by atoms with Gasteiger partial charge in [-0.2, -0.15) is 0 Å². The topological polar surface area (TPSA) is 111 Å². The van der Waals surface area contributed by atoms with Gasteiger partial charge in [0.25, 0.3) is 11.5 Å². The van der Waals surface area contributed by atoms with Crippen molar-refractivity contribution < 1.29 is 19.4 Å². The van der Waals surface area contributed by atoms with E-state index in [0.29, 0.717) is 23.2 Å². The van der Waals surface area contributed by atoms with Crippen molar-refractivity contribution in [3.8, 4) is 5.75 Å². The SMILES string of the molecule is O=C(COc1ccc2nc3n(c(=O)c2c1)CCC3)N[C@H](Cc1ccccc1)C(=O)O. The molecule has 1 aliphatic rings. The molecule has 8 nitrogen and oxygen atoms in total. The Bertz CT molecular complexity index is 1160. The molecule has 1 amide bonds. The number of aliphatic carboxylic acids is 1. The van der Waals surface area contributed by atoms with E-state index in [1.807, 2.05) is 18.2 Å². The van der Waals surface area contributed by atoms with Gasteiger partial charge in [0.15, 0.2) is 6.61 Å². The van der Waals surface area contributed by atoms with E-state index in [9.17, 15) is 19.5 Å². The van der Waals surface area contributed by atoms with E-state index in [-0.39, 0.29) is 18.6 Å². The van der Waals surface area contributed by atoms with Crippen molar-refractivity contribution in [3.63, 3.8) is 0 Å². The highest BCUT2D eigenvalue weighted by atomic mass is 16.5. The van der Waals surface area contributed by atoms with E-state index in [0.717, 1.165) is 24.2 Å². The summed E-state index contributed by atoms with van der Waals surface area (Å²) in [5, 5.41) is 12.3. The van der Waals surface area contributed by atoms with Gasteiger partial charge in [-0.05, 0) is 30.2 Å². The van der Waals surface area contributed by atoms with Crippen molar-refractivity contribution in [1.82, 2.24) is 14.9 Å². The average Bonchev–Trinajstić information content (AvgIpc) is 3.22. The number of carbonyl (C=O) groups is 2. The van der Waals surface area contributed by atoms with E-state index < -0.39 is 17.9 Å². The van der Waals surface area contributed by atoms with Gasteiger partial charge in [0.2, 0.25) is 0 Å². The Morgan fingerprint density at radius 1 is 1.20 bits per heavy atom. The molecule has 2 aromatic carbocycles. The molecule has 0 saturated carbocycles. The molecule has 154 valence electrons. The Morgan fingerprint density at radius 3 is 2.77 bits per heavy atom. The van der Waals surface area contributed by atoms with Crippen LogP contribution in [-0.4, -0.2) is 39.2 Å². The fraction of sp³-hybridized carbons (Fsp3) is 0.273. The van der Waals surface area contributed by atoms with Crippen LogP contribution in [0.3, 0.4) is 0 Å². The first-order valence-electron chi connectivity index (χ1n) is 9.73. The zero-order valence-corrected chi connectivity index (χ0v) is 16.2. The molecule has 0 spiro atoms. The third-order valence-electron chi connectivity index (χ3n) is 5.07. The Hall–Kier alpha value is -3.68. The molecule has 0 saturated heterocycles. The van der Waals surface area contributed by atoms with Gasteiger partial charge in [0.1, 0.15) is 17.6 Å². The Labute approximate surface area is 172 Å². The number of fused-ring (bicyclic) bond motifs is 2. The van der Waals surface area contributed by atoms with E-state index in [1.54, 1.807) is 34.9 Å². The van der Waals surface area contributed by atoms with Crippen molar-refractivity contribution in [2.24, 2.45) is 0 Å². The van der Waals surface area contributed by atoms with Gasteiger partial charge in [0.05, 0.1) is 10.9 Å². The normalized spacial score (nSPS) is 13.6. The van der Waals surface area contributed by atoms with Crippen LogP contribution in [0.2, 0.25) is 0 Å². The average molecular weight is 407 g/mol. The molecule has 0 fully saturated rings. The highest BCUT2D eigenvalue weighted by Gasteiger charge is 2.21.